The van der Waals surface area contributed by atoms with E-state index in [4.69, 9.17) is 19.9 Å². The zero-order valence-corrected chi connectivity index (χ0v) is 25.2. The van der Waals surface area contributed by atoms with E-state index in [-0.39, 0.29) is 38.1 Å². The number of hydrogen-bond acceptors (Lipinski definition) is 7. The van der Waals surface area contributed by atoms with E-state index in [9.17, 15) is 14.4 Å². The van der Waals surface area contributed by atoms with Crippen LogP contribution in [0.3, 0.4) is 0 Å². The Balaban J connectivity index is 2.19. The summed E-state index contributed by atoms with van der Waals surface area (Å²) in [7, 11) is 0. The van der Waals surface area contributed by atoms with Gasteiger partial charge in [0.15, 0.2) is 6.29 Å². The summed E-state index contributed by atoms with van der Waals surface area (Å²) in [5, 5.41) is 5.31. The van der Waals surface area contributed by atoms with Crippen molar-refractivity contribution in [2.45, 2.75) is 65.1 Å². The van der Waals surface area contributed by atoms with Gasteiger partial charge in [0.25, 0.3) is 0 Å². The minimum absolute atomic E-state index is 0.0421. The molecular weight excluding hydrogens is 580 g/mol. The molecule has 220 valence electrons. The first-order valence-electron chi connectivity index (χ1n) is 13.4. The zero-order valence-electron chi connectivity index (χ0n) is 23.6. The van der Waals surface area contributed by atoms with E-state index in [1.807, 2.05) is 82.3 Å². The normalized spacial score (nSPS) is 12.6. The van der Waals surface area contributed by atoms with Crippen molar-refractivity contribution >= 4 is 33.8 Å². The number of hydrogen-bond donors (Lipinski definition) is 3. The minimum Gasteiger partial charge on any atom is -0.445 e. The molecule has 11 heteroatoms. The van der Waals surface area contributed by atoms with E-state index in [2.05, 4.69) is 26.6 Å². The van der Waals surface area contributed by atoms with Gasteiger partial charge in [-0.05, 0) is 51.0 Å². The van der Waals surface area contributed by atoms with E-state index in [1.165, 1.54) is 0 Å². The third-order valence-electron chi connectivity index (χ3n) is 5.98. The monoisotopic (exact) mass is 620 g/mol. The Morgan fingerprint density at radius 3 is 2.08 bits per heavy atom. The van der Waals surface area contributed by atoms with Gasteiger partial charge in [-0.1, -0.05) is 58.4 Å². The van der Waals surface area contributed by atoms with Crippen molar-refractivity contribution in [2.24, 2.45) is 5.73 Å². The Bertz CT molecular complexity index is 1050. The molecule has 0 saturated carbocycles. The Hall–Kier alpha value is -2.99. The number of amides is 3. The van der Waals surface area contributed by atoms with Crippen molar-refractivity contribution in [3.05, 3.63) is 70.2 Å². The maximum Gasteiger partial charge on any atom is 0.408 e. The first-order chi connectivity index (χ1) is 19.2. The number of carbonyl (C=O) groups is 3. The van der Waals surface area contributed by atoms with Crippen LogP contribution in [0.4, 0.5) is 4.79 Å². The summed E-state index contributed by atoms with van der Waals surface area (Å²) in [6, 6.07) is 14.4. The maximum absolute atomic E-state index is 13.9. The molecule has 0 aliphatic rings. The predicted octanol–water partition coefficient (Wildman–Crippen LogP) is 3.37. The second-order valence-corrected chi connectivity index (χ2v) is 10.2. The molecule has 2 rings (SSSR count). The highest BCUT2D eigenvalue weighted by atomic mass is 79.9. The van der Waals surface area contributed by atoms with Gasteiger partial charge < -0.3 is 35.5 Å². The SMILES string of the molecule is CCOC(CN(C(=O)C(Cc1ccc(Br)cc1)NC(=O)C(CN)NC(=O)OCc1ccccc1)C(C)C)OCC. The smallest absolute Gasteiger partial charge is 0.408 e. The molecule has 10 nitrogen and oxygen atoms in total. The van der Waals surface area contributed by atoms with E-state index in [1.54, 1.807) is 4.90 Å². The van der Waals surface area contributed by atoms with Crippen molar-refractivity contribution < 1.29 is 28.6 Å². The topological polar surface area (TPSA) is 132 Å². The summed E-state index contributed by atoms with van der Waals surface area (Å²) < 4.78 is 17.5. The molecule has 0 fully saturated rings. The van der Waals surface area contributed by atoms with E-state index in [0.29, 0.717) is 13.2 Å². The fourth-order valence-electron chi connectivity index (χ4n) is 3.91. The number of halogens is 1. The van der Waals surface area contributed by atoms with E-state index < -0.39 is 30.4 Å². The molecule has 40 heavy (non-hydrogen) atoms. The van der Waals surface area contributed by atoms with Gasteiger partial charge in [-0.15, -0.1) is 0 Å². The summed E-state index contributed by atoms with van der Waals surface area (Å²) in [5.74, 6) is -0.900. The number of nitrogens with two attached hydrogens (primary N) is 1. The molecule has 0 heterocycles. The molecule has 0 saturated heterocycles. The van der Waals surface area contributed by atoms with Gasteiger partial charge in [-0.25, -0.2) is 4.79 Å². The van der Waals surface area contributed by atoms with Gasteiger partial charge in [-0.3, -0.25) is 9.59 Å². The van der Waals surface area contributed by atoms with Crippen LogP contribution < -0.4 is 16.4 Å². The van der Waals surface area contributed by atoms with Gasteiger partial charge in [0.05, 0.1) is 6.54 Å². The zero-order chi connectivity index (χ0) is 29.5. The number of nitrogens with one attached hydrogen (secondary N) is 2. The third kappa shape index (κ3) is 11.2. The first kappa shape index (κ1) is 33.2. The molecule has 0 radical (unpaired) electrons. The fraction of sp³-hybridized carbons (Fsp3) is 0.483. The fourth-order valence-corrected chi connectivity index (χ4v) is 4.17. The number of nitrogens with zero attached hydrogens (tertiary/aromatic N) is 1. The molecule has 4 N–H and O–H groups in total. The summed E-state index contributed by atoms with van der Waals surface area (Å²) in [5.41, 5.74) is 7.47. The van der Waals surface area contributed by atoms with Crippen molar-refractivity contribution in [3.63, 3.8) is 0 Å². The average molecular weight is 622 g/mol. The van der Waals surface area contributed by atoms with Gasteiger partial charge in [-0.2, -0.15) is 0 Å². The van der Waals surface area contributed by atoms with Crippen LogP contribution in [0.5, 0.6) is 0 Å². The molecule has 2 unspecified atom stereocenters. The van der Waals surface area contributed by atoms with Crippen LogP contribution in [0.15, 0.2) is 59.1 Å². The standard InChI is InChI=1S/C29H41BrN4O6/c1-5-38-26(39-6-2)18-34(20(3)4)28(36)24(16-21-12-14-23(30)15-13-21)32-27(35)25(17-31)33-29(37)40-19-22-10-8-7-9-11-22/h7-15,20,24-26H,5-6,16-19,31H2,1-4H3,(H,32,35)(H,33,37). The molecule has 0 aliphatic heterocycles. The molecule has 2 aromatic rings. The van der Waals surface area contributed by atoms with Gasteiger partial charge in [0, 0.05) is 36.7 Å². The molecule has 0 aromatic heterocycles. The van der Waals surface area contributed by atoms with Crippen LogP contribution in [0, 0.1) is 0 Å². The molecule has 0 bridgehead atoms. The second kappa shape index (κ2) is 17.6. The molecule has 2 atom stereocenters. The largest absolute Gasteiger partial charge is 0.445 e. The Morgan fingerprint density at radius 1 is 0.900 bits per heavy atom. The number of ether oxygens (including phenoxy) is 3. The summed E-state index contributed by atoms with van der Waals surface area (Å²) in [6.07, 6.45) is -1.17. The molecular formula is C29H41BrN4O6. The number of alkyl carbamates (subject to hydrolysis) is 1. The van der Waals surface area contributed by atoms with Crippen LogP contribution in [-0.2, 0) is 36.8 Å². The first-order valence-corrected chi connectivity index (χ1v) is 14.2. The highest BCUT2D eigenvalue weighted by Crippen LogP contribution is 2.15. The second-order valence-electron chi connectivity index (χ2n) is 9.31. The van der Waals surface area contributed by atoms with E-state index >= 15 is 0 Å². The number of carbonyl (C=O) groups excluding carboxylic acids is 3. The Labute approximate surface area is 245 Å². The number of rotatable bonds is 16. The molecule has 3 amide bonds. The Kier molecular flexibility index (Phi) is 14.7. The van der Waals surface area contributed by atoms with Crippen molar-refractivity contribution in [1.82, 2.24) is 15.5 Å². The van der Waals surface area contributed by atoms with Gasteiger partial charge in [0.1, 0.15) is 18.7 Å². The highest BCUT2D eigenvalue weighted by Gasteiger charge is 2.32. The quantitative estimate of drug-likeness (QED) is 0.245. The van der Waals surface area contributed by atoms with Crippen molar-refractivity contribution in [1.29, 1.82) is 0 Å². The number of benzene rings is 2. The lowest BCUT2D eigenvalue weighted by Crippen LogP contribution is -2.58. The lowest BCUT2D eigenvalue weighted by molar-refractivity contribution is -0.163. The van der Waals surface area contributed by atoms with Crippen LogP contribution >= 0.6 is 15.9 Å². The lowest BCUT2D eigenvalue weighted by atomic mass is 10.0. The Morgan fingerprint density at radius 2 is 1.52 bits per heavy atom. The summed E-state index contributed by atoms with van der Waals surface area (Å²) in [4.78, 5) is 41.2. The van der Waals surface area contributed by atoms with Crippen LogP contribution in [0.25, 0.3) is 0 Å². The third-order valence-corrected chi connectivity index (χ3v) is 6.51. The van der Waals surface area contributed by atoms with Crippen LogP contribution in [0.2, 0.25) is 0 Å². The van der Waals surface area contributed by atoms with Gasteiger partial charge >= 0.3 is 6.09 Å². The lowest BCUT2D eigenvalue weighted by Gasteiger charge is -2.34. The molecule has 2 aromatic carbocycles. The summed E-state index contributed by atoms with van der Waals surface area (Å²) in [6.45, 7) is 8.38. The summed E-state index contributed by atoms with van der Waals surface area (Å²) >= 11 is 3.42. The van der Waals surface area contributed by atoms with Crippen molar-refractivity contribution in [3.8, 4) is 0 Å². The minimum atomic E-state index is -1.10. The van der Waals surface area contributed by atoms with Crippen molar-refractivity contribution in [2.75, 3.05) is 26.3 Å². The van der Waals surface area contributed by atoms with Crippen LogP contribution in [0.1, 0.15) is 38.8 Å². The van der Waals surface area contributed by atoms with Crippen LogP contribution in [-0.4, -0.2) is 73.5 Å². The molecule has 0 aliphatic carbocycles. The molecule has 0 spiro atoms. The predicted molar refractivity (Wildman–Crippen MR) is 156 cm³/mol. The maximum atomic E-state index is 13.9. The van der Waals surface area contributed by atoms with E-state index in [0.717, 1.165) is 15.6 Å². The average Bonchev–Trinajstić information content (AvgIpc) is 2.94. The highest BCUT2D eigenvalue weighted by molar-refractivity contribution is 9.10. The van der Waals surface area contributed by atoms with Gasteiger partial charge in [0.2, 0.25) is 11.8 Å².